The summed E-state index contributed by atoms with van der Waals surface area (Å²) in [7, 11) is 0. The summed E-state index contributed by atoms with van der Waals surface area (Å²) in [5.41, 5.74) is 0. The second kappa shape index (κ2) is 7.30. The average molecular weight is 187 g/mol. The molecule has 1 aliphatic rings. The molecule has 3 heteroatoms. The molecule has 0 unspecified atom stereocenters. The molecule has 1 fully saturated rings. The third-order valence-electron chi connectivity index (χ3n) is 2.51. The summed E-state index contributed by atoms with van der Waals surface area (Å²) < 4.78 is 5.54. The van der Waals surface area contributed by atoms with E-state index in [9.17, 15) is 0 Å². The zero-order valence-electron chi connectivity index (χ0n) is 8.30. The molecule has 0 saturated carbocycles. The van der Waals surface area contributed by atoms with Crippen LogP contribution in [0.4, 0.5) is 0 Å². The highest BCUT2D eigenvalue weighted by Gasteiger charge is 2.12. The molecule has 3 nitrogen and oxygen atoms in total. The molecule has 0 bridgehead atoms. The maximum Gasteiger partial charge on any atom is 0.0495 e. The Morgan fingerprint density at radius 3 is 2.69 bits per heavy atom. The predicted octanol–water partition coefficient (Wildman–Crippen LogP) is 0.775. The van der Waals surface area contributed by atoms with Crippen molar-refractivity contribution >= 4 is 0 Å². The fourth-order valence-electron chi connectivity index (χ4n) is 1.61. The van der Waals surface area contributed by atoms with Crippen LogP contribution in [-0.2, 0) is 4.74 Å². The van der Waals surface area contributed by atoms with Gasteiger partial charge in [-0.1, -0.05) is 0 Å². The van der Waals surface area contributed by atoms with Crippen molar-refractivity contribution in [2.24, 2.45) is 5.92 Å². The zero-order valence-corrected chi connectivity index (χ0v) is 8.30. The van der Waals surface area contributed by atoms with Gasteiger partial charge in [0.25, 0.3) is 0 Å². The van der Waals surface area contributed by atoms with E-state index in [0.29, 0.717) is 0 Å². The minimum absolute atomic E-state index is 0.288. The molecule has 0 amide bonds. The van der Waals surface area contributed by atoms with Crippen LogP contribution in [0, 0.1) is 5.92 Å². The van der Waals surface area contributed by atoms with Crippen LogP contribution in [-0.4, -0.2) is 38.0 Å². The van der Waals surface area contributed by atoms with E-state index in [0.717, 1.165) is 45.1 Å². The quantitative estimate of drug-likeness (QED) is 0.604. The fraction of sp³-hybridized carbons (Fsp3) is 1.00. The molecule has 0 atom stereocenters. The number of nitrogens with one attached hydrogen (secondary N) is 1. The Morgan fingerprint density at radius 1 is 1.23 bits per heavy atom. The van der Waals surface area contributed by atoms with E-state index in [-0.39, 0.29) is 6.61 Å². The van der Waals surface area contributed by atoms with Gasteiger partial charge in [0.2, 0.25) is 0 Å². The lowest BCUT2D eigenvalue weighted by Gasteiger charge is -2.22. The molecule has 78 valence electrons. The van der Waals surface area contributed by atoms with Crippen molar-refractivity contribution in [2.45, 2.75) is 25.7 Å². The second-order valence-electron chi connectivity index (χ2n) is 3.70. The minimum Gasteiger partial charge on any atom is -0.396 e. The molecule has 13 heavy (non-hydrogen) atoms. The highest BCUT2D eigenvalue weighted by atomic mass is 16.5. The molecule has 1 saturated heterocycles. The van der Waals surface area contributed by atoms with E-state index < -0.39 is 0 Å². The van der Waals surface area contributed by atoms with Gasteiger partial charge in [-0.3, -0.25) is 0 Å². The topological polar surface area (TPSA) is 41.5 Å². The lowest BCUT2D eigenvalue weighted by Crippen LogP contribution is -2.30. The van der Waals surface area contributed by atoms with E-state index in [2.05, 4.69) is 5.32 Å². The van der Waals surface area contributed by atoms with E-state index in [1.54, 1.807) is 0 Å². The van der Waals surface area contributed by atoms with Crippen molar-refractivity contribution in [1.82, 2.24) is 5.32 Å². The molecule has 1 rings (SSSR count). The number of aliphatic hydroxyl groups is 1. The number of ether oxygens (including phenoxy) is 1. The SMILES string of the molecule is OCCCCOCC1CCNCC1. The van der Waals surface area contributed by atoms with Gasteiger partial charge < -0.3 is 15.2 Å². The van der Waals surface area contributed by atoms with Crippen molar-refractivity contribution in [1.29, 1.82) is 0 Å². The van der Waals surface area contributed by atoms with Gasteiger partial charge in [-0.2, -0.15) is 0 Å². The Labute approximate surface area is 80.5 Å². The van der Waals surface area contributed by atoms with Gasteiger partial charge in [-0.25, -0.2) is 0 Å². The first-order chi connectivity index (χ1) is 6.43. The number of piperidine rings is 1. The summed E-state index contributed by atoms with van der Waals surface area (Å²) in [5, 5.41) is 11.9. The maximum atomic E-state index is 8.55. The van der Waals surface area contributed by atoms with Gasteiger partial charge in [-0.05, 0) is 44.7 Å². The summed E-state index contributed by atoms with van der Waals surface area (Å²) in [4.78, 5) is 0. The van der Waals surface area contributed by atoms with E-state index in [4.69, 9.17) is 9.84 Å². The van der Waals surface area contributed by atoms with Gasteiger partial charge in [0.1, 0.15) is 0 Å². The highest BCUT2D eigenvalue weighted by Crippen LogP contribution is 2.11. The van der Waals surface area contributed by atoms with Gasteiger partial charge in [0.05, 0.1) is 0 Å². The van der Waals surface area contributed by atoms with Crippen LogP contribution in [0.2, 0.25) is 0 Å². The van der Waals surface area contributed by atoms with Gasteiger partial charge in [0.15, 0.2) is 0 Å². The van der Waals surface area contributed by atoms with E-state index in [1.165, 1.54) is 12.8 Å². The molecule has 1 aliphatic heterocycles. The fourth-order valence-corrected chi connectivity index (χ4v) is 1.61. The Kier molecular flexibility index (Phi) is 6.15. The summed E-state index contributed by atoms with van der Waals surface area (Å²) in [6, 6.07) is 0. The summed E-state index contributed by atoms with van der Waals surface area (Å²) in [5.74, 6) is 0.760. The lowest BCUT2D eigenvalue weighted by molar-refractivity contribution is 0.0825. The van der Waals surface area contributed by atoms with Crippen LogP contribution in [0.15, 0.2) is 0 Å². The second-order valence-corrected chi connectivity index (χ2v) is 3.70. The lowest BCUT2D eigenvalue weighted by atomic mass is 9.99. The highest BCUT2D eigenvalue weighted by molar-refractivity contribution is 4.67. The molecule has 0 aliphatic carbocycles. The number of hydrogen-bond donors (Lipinski definition) is 2. The normalized spacial score (nSPS) is 19.2. The van der Waals surface area contributed by atoms with Crippen LogP contribution in [0.1, 0.15) is 25.7 Å². The largest absolute Gasteiger partial charge is 0.396 e. The van der Waals surface area contributed by atoms with Crippen molar-refractivity contribution in [3.05, 3.63) is 0 Å². The summed E-state index contributed by atoms with van der Waals surface area (Å²) >= 11 is 0. The number of aliphatic hydroxyl groups excluding tert-OH is 1. The molecular weight excluding hydrogens is 166 g/mol. The molecule has 0 spiro atoms. The van der Waals surface area contributed by atoms with Crippen LogP contribution in [0.5, 0.6) is 0 Å². The van der Waals surface area contributed by atoms with Crippen molar-refractivity contribution in [2.75, 3.05) is 32.9 Å². The maximum absolute atomic E-state index is 8.55. The smallest absolute Gasteiger partial charge is 0.0495 e. The van der Waals surface area contributed by atoms with Crippen LogP contribution in [0.25, 0.3) is 0 Å². The Hall–Kier alpha value is -0.120. The van der Waals surface area contributed by atoms with Crippen LogP contribution < -0.4 is 5.32 Å². The molecule has 0 aromatic rings. The number of rotatable bonds is 6. The molecule has 1 heterocycles. The third kappa shape index (κ3) is 5.24. The molecule has 0 aromatic heterocycles. The Balaban J connectivity index is 1.86. The molecule has 0 radical (unpaired) electrons. The molecule has 2 N–H and O–H groups in total. The van der Waals surface area contributed by atoms with Crippen molar-refractivity contribution in [3.8, 4) is 0 Å². The average Bonchev–Trinajstić information content (AvgIpc) is 2.19. The molecular formula is C10H21NO2. The van der Waals surface area contributed by atoms with E-state index >= 15 is 0 Å². The number of unbranched alkanes of at least 4 members (excludes halogenated alkanes) is 1. The van der Waals surface area contributed by atoms with Crippen molar-refractivity contribution in [3.63, 3.8) is 0 Å². The number of hydrogen-bond acceptors (Lipinski definition) is 3. The predicted molar refractivity (Wildman–Crippen MR) is 52.7 cm³/mol. The van der Waals surface area contributed by atoms with Gasteiger partial charge >= 0.3 is 0 Å². The first kappa shape index (κ1) is 11.0. The summed E-state index contributed by atoms with van der Waals surface area (Å²) in [6.45, 7) is 4.30. The summed E-state index contributed by atoms with van der Waals surface area (Å²) in [6.07, 6.45) is 4.35. The first-order valence-corrected chi connectivity index (χ1v) is 5.33. The Morgan fingerprint density at radius 2 is 2.00 bits per heavy atom. The first-order valence-electron chi connectivity index (χ1n) is 5.33. The van der Waals surface area contributed by atoms with Crippen molar-refractivity contribution < 1.29 is 9.84 Å². The monoisotopic (exact) mass is 187 g/mol. The van der Waals surface area contributed by atoms with E-state index in [1.807, 2.05) is 0 Å². The standard InChI is InChI=1S/C10H21NO2/c12-7-1-2-8-13-9-10-3-5-11-6-4-10/h10-12H,1-9H2. The van der Waals surface area contributed by atoms with Crippen LogP contribution >= 0.6 is 0 Å². The zero-order chi connectivity index (χ0) is 9.36. The van der Waals surface area contributed by atoms with Gasteiger partial charge in [-0.15, -0.1) is 0 Å². The minimum atomic E-state index is 0.288. The van der Waals surface area contributed by atoms with Gasteiger partial charge in [0, 0.05) is 19.8 Å². The van der Waals surface area contributed by atoms with Crippen LogP contribution in [0.3, 0.4) is 0 Å². The third-order valence-corrected chi connectivity index (χ3v) is 2.51. The molecule has 0 aromatic carbocycles. The Bertz CT molecular complexity index is 113.